The van der Waals surface area contributed by atoms with E-state index in [-0.39, 0.29) is 11.9 Å². The number of nitrogens with zero attached hydrogens (tertiary/aromatic N) is 1. The van der Waals surface area contributed by atoms with Gasteiger partial charge in [-0.25, -0.2) is 0 Å². The molecule has 0 N–H and O–H groups in total. The lowest BCUT2D eigenvalue weighted by atomic mass is 9.67. The molecule has 0 bridgehead atoms. The number of esters is 1. The van der Waals surface area contributed by atoms with E-state index >= 15 is 0 Å². The highest BCUT2D eigenvalue weighted by atomic mass is 16.5. The van der Waals surface area contributed by atoms with Gasteiger partial charge in [-0.15, -0.1) is 6.58 Å². The highest BCUT2D eigenvalue weighted by molar-refractivity contribution is 5.80. The normalized spacial score (nSPS) is 20.0. The molecule has 0 aromatic carbocycles. The molecule has 3 heteroatoms. The fraction of sp³-hybridized carbons (Fsp3) is 0.714. The third-order valence-corrected chi connectivity index (χ3v) is 3.61. The molecule has 3 nitrogen and oxygen atoms in total. The van der Waals surface area contributed by atoms with E-state index < -0.39 is 5.41 Å². The molecular weight excluding hydrogens is 214 g/mol. The molecule has 0 radical (unpaired) electrons. The largest absolute Gasteiger partial charge is 0.465 e. The molecule has 1 unspecified atom stereocenters. The fourth-order valence-corrected chi connectivity index (χ4v) is 2.68. The van der Waals surface area contributed by atoms with E-state index in [2.05, 4.69) is 12.6 Å². The molecule has 17 heavy (non-hydrogen) atoms. The van der Waals surface area contributed by atoms with Crippen LogP contribution in [0, 0.1) is 22.7 Å². The molecule has 1 fully saturated rings. The second kappa shape index (κ2) is 6.44. The van der Waals surface area contributed by atoms with Crippen molar-refractivity contribution in [2.75, 3.05) is 6.61 Å². The van der Waals surface area contributed by atoms with Gasteiger partial charge in [0.2, 0.25) is 0 Å². The van der Waals surface area contributed by atoms with Crippen LogP contribution in [0.15, 0.2) is 12.7 Å². The molecule has 0 spiro atoms. The van der Waals surface area contributed by atoms with Crippen LogP contribution in [-0.2, 0) is 9.53 Å². The maximum absolute atomic E-state index is 12.1. The third kappa shape index (κ3) is 2.88. The Morgan fingerprint density at radius 2 is 2.18 bits per heavy atom. The topological polar surface area (TPSA) is 50.1 Å². The summed E-state index contributed by atoms with van der Waals surface area (Å²) in [5, 5.41) is 9.46. The Morgan fingerprint density at radius 1 is 1.53 bits per heavy atom. The zero-order valence-electron chi connectivity index (χ0n) is 10.6. The number of hydrogen-bond acceptors (Lipinski definition) is 3. The lowest BCUT2D eigenvalue weighted by molar-refractivity contribution is -0.155. The molecule has 0 heterocycles. The number of carbonyl (C=O) groups is 1. The highest BCUT2D eigenvalue weighted by Gasteiger charge is 2.46. The Kier molecular flexibility index (Phi) is 5.21. The smallest absolute Gasteiger partial charge is 0.327 e. The molecule has 0 saturated heterocycles. The molecular formula is C14H21NO2. The molecule has 1 saturated carbocycles. The zero-order valence-corrected chi connectivity index (χ0v) is 10.6. The number of allylic oxidation sites excluding steroid dienone is 1. The standard InChI is InChI=1S/C14H21NO2/c1-3-10-14(11-15,13(16)17-4-2)12-8-6-5-7-9-12/h3,12H,1,4-10H2,2H3. The van der Waals surface area contributed by atoms with Crippen LogP contribution in [0.1, 0.15) is 45.4 Å². The van der Waals surface area contributed by atoms with Crippen molar-refractivity contribution in [3.05, 3.63) is 12.7 Å². The lowest BCUT2D eigenvalue weighted by Crippen LogP contribution is -2.39. The van der Waals surface area contributed by atoms with Gasteiger partial charge in [-0.1, -0.05) is 25.3 Å². The van der Waals surface area contributed by atoms with Crippen molar-refractivity contribution >= 4 is 5.97 Å². The van der Waals surface area contributed by atoms with Crippen LogP contribution >= 0.6 is 0 Å². The molecule has 94 valence electrons. The Morgan fingerprint density at radius 3 is 2.65 bits per heavy atom. The Bertz CT molecular complexity index is 313. The number of nitriles is 1. The minimum absolute atomic E-state index is 0.123. The zero-order chi connectivity index (χ0) is 12.7. The second-order valence-corrected chi connectivity index (χ2v) is 4.63. The summed E-state index contributed by atoms with van der Waals surface area (Å²) in [6, 6.07) is 2.22. The molecule has 0 aromatic rings. The van der Waals surface area contributed by atoms with Crippen LogP contribution in [-0.4, -0.2) is 12.6 Å². The molecule has 1 atom stereocenters. The number of rotatable bonds is 5. The van der Waals surface area contributed by atoms with Gasteiger partial charge in [0.05, 0.1) is 12.7 Å². The van der Waals surface area contributed by atoms with Gasteiger partial charge in [-0.2, -0.15) is 5.26 Å². The first-order valence-corrected chi connectivity index (χ1v) is 6.40. The summed E-state index contributed by atoms with van der Waals surface area (Å²) >= 11 is 0. The second-order valence-electron chi connectivity index (χ2n) is 4.63. The minimum Gasteiger partial charge on any atom is -0.465 e. The summed E-state index contributed by atoms with van der Waals surface area (Å²) in [6.45, 7) is 5.77. The quantitative estimate of drug-likeness (QED) is 0.543. The maximum atomic E-state index is 12.1. The summed E-state index contributed by atoms with van der Waals surface area (Å²) in [7, 11) is 0. The molecule has 0 aliphatic heterocycles. The van der Waals surface area contributed by atoms with Crippen molar-refractivity contribution in [1.82, 2.24) is 0 Å². The van der Waals surface area contributed by atoms with E-state index in [9.17, 15) is 10.1 Å². The Labute approximate surface area is 103 Å². The number of ether oxygens (including phenoxy) is 1. The van der Waals surface area contributed by atoms with Gasteiger partial charge in [-0.3, -0.25) is 4.79 Å². The average molecular weight is 235 g/mol. The predicted octanol–water partition coefficient (Wildman–Crippen LogP) is 3.22. The van der Waals surface area contributed by atoms with Gasteiger partial charge < -0.3 is 4.74 Å². The Balaban J connectivity index is 2.93. The van der Waals surface area contributed by atoms with E-state index in [1.54, 1.807) is 13.0 Å². The van der Waals surface area contributed by atoms with Gasteiger partial charge in [0.1, 0.15) is 0 Å². The van der Waals surface area contributed by atoms with Crippen LogP contribution in [0.2, 0.25) is 0 Å². The number of hydrogen-bond donors (Lipinski definition) is 0. The third-order valence-electron chi connectivity index (χ3n) is 3.61. The van der Waals surface area contributed by atoms with Crippen molar-refractivity contribution in [3.63, 3.8) is 0 Å². The van der Waals surface area contributed by atoms with Gasteiger partial charge in [0, 0.05) is 0 Å². The van der Waals surface area contributed by atoms with Crippen molar-refractivity contribution in [3.8, 4) is 6.07 Å². The van der Waals surface area contributed by atoms with Gasteiger partial charge in [0.15, 0.2) is 5.41 Å². The van der Waals surface area contributed by atoms with E-state index in [1.165, 1.54) is 6.42 Å². The summed E-state index contributed by atoms with van der Waals surface area (Å²) in [4.78, 5) is 12.1. The first-order valence-electron chi connectivity index (χ1n) is 6.40. The van der Waals surface area contributed by atoms with Gasteiger partial charge in [-0.05, 0) is 32.1 Å². The minimum atomic E-state index is -1.00. The van der Waals surface area contributed by atoms with Crippen LogP contribution in [0.5, 0.6) is 0 Å². The SMILES string of the molecule is C=CCC(C#N)(C(=O)OCC)C1CCCCC1. The molecule has 1 rings (SSSR count). The first kappa shape index (κ1) is 13.8. The monoisotopic (exact) mass is 235 g/mol. The van der Waals surface area contributed by atoms with Crippen LogP contribution < -0.4 is 0 Å². The van der Waals surface area contributed by atoms with Crippen LogP contribution in [0.3, 0.4) is 0 Å². The molecule has 0 amide bonds. The molecule has 1 aliphatic carbocycles. The predicted molar refractivity (Wildman–Crippen MR) is 66.1 cm³/mol. The molecule has 1 aliphatic rings. The summed E-state index contributed by atoms with van der Waals surface area (Å²) < 4.78 is 5.09. The highest BCUT2D eigenvalue weighted by Crippen LogP contribution is 2.42. The van der Waals surface area contributed by atoms with E-state index in [0.29, 0.717) is 13.0 Å². The van der Waals surface area contributed by atoms with Crippen molar-refractivity contribution in [2.45, 2.75) is 45.4 Å². The average Bonchev–Trinajstić information content (AvgIpc) is 2.37. The maximum Gasteiger partial charge on any atom is 0.327 e. The summed E-state index contributed by atoms with van der Waals surface area (Å²) in [5.74, 6) is -0.243. The first-order chi connectivity index (χ1) is 8.21. The van der Waals surface area contributed by atoms with E-state index in [1.807, 2.05) is 0 Å². The van der Waals surface area contributed by atoms with Gasteiger partial charge in [0.25, 0.3) is 0 Å². The van der Waals surface area contributed by atoms with Crippen molar-refractivity contribution in [2.24, 2.45) is 11.3 Å². The van der Waals surface area contributed by atoms with E-state index in [4.69, 9.17) is 4.74 Å². The Hall–Kier alpha value is -1.30. The van der Waals surface area contributed by atoms with Crippen LogP contribution in [0.25, 0.3) is 0 Å². The summed E-state index contributed by atoms with van der Waals surface area (Å²) in [5.41, 5.74) is -1.00. The summed E-state index contributed by atoms with van der Waals surface area (Å²) in [6.07, 6.45) is 7.35. The van der Waals surface area contributed by atoms with Crippen molar-refractivity contribution < 1.29 is 9.53 Å². The molecule has 0 aromatic heterocycles. The lowest BCUT2D eigenvalue weighted by Gasteiger charge is -2.34. The van der Waals surface area contributed by atoms with Crippen molar-refractivity contribution in [1.29, 1.82) is 5.26 Å². The van der Waals surface area contributed by atoms with E-state index in [0.717, 1.165) is 25.7 Å². The number of carbonyl (C=O) groups excluding carboxylic acids is 1. The fourth-order valence-electron chi connectivity index (χ4n) is 2.68. The van der Waals surface area contributed by atoms with Crippen LogP contribution in [0.4, 0.5) is 0 Å². The van der Waals surface area contributed by atoms with Gasteiger partial charge >= 0.3 is 5.97 Å².